The topological polar surface area (TPSA) is 55.1 Å². The summed E-state index contributed by atoms with van der Waals surface area (Å²) < 4.78 is 0. The quantitative estimate of drug-likeness (QED) is 0.835. The summed E-state index contributed by atoms with van der Waals surface area (Å²) in [5.74, 6) is -0.512. The van der Waals surface area contributed by atoms with E-state index < -0.39 is 11.9 Å². The highest BCUT2D eigenvalue weighted by molar-refractivity contribution is 6.36. The fraction of sp³-hybridized carbons (Fsp3) is 0.222. The molecule has 3 N–H and O–H groups in total. The first-order valence-electron chi connectivity index (χ1n) is 3.98. The highest BCUT2D eigenvalue weighted by atomic mass is 35.5. The minimum absolute atomic E-state index is 0.427. The van der Waals surface area contributed by atoms with Gasteiger partial charge in [-0.25, -0.2) is 0 Å². The lowest BCUT2D eigenvalue weighted by Crippen LogP contribution is -2.31. The standard InChI is InChI=1S/C9H10Cl2N2O/c1-13-8(9(12)14)7-5(10)3-2-4-6(7)11/h2-4,8,13H,1H3,(H2,12,14)/t8-/m0/s1. The van der Waals surface area contributed by atoms with Crippen molar-refractivity contribution in [1.82, 2.24) is 5.32 Å². The number of primary amides is 1. The van der Waals surface area contributed by atoms with Crippen LogP contribution in [0.5, 0.6) is 0 Å². The Kier molecular flexibility index (Phi) is 3.75. The number of rotatable bonds is 3. The Balaban J connectivity index is 3.22. The van der Waals surface area contributed by atoms with Gasteiger partial charge < -0.3 is 11.1 Å². The summed E-state index contributed by atoms with van der Waals surface area (Å²) in [6, 6.07) is 4.38. The third kappa shape index (κ3) is 2.18. The first-order chi connectivity index (χ1) is 6.57. The largest absolute Gasteiger partial charge is 0.368 e. The van der Waals surface area contributed by atoms with Crippen molar-refractivity contribution in [2.75, 3.05) is 7.05 Å². The van der Waals surface area contributed by atoms with Gasteiger partial charge in [-0.3, -0.25) is 4.79 Å². The monoisotopic (exact) mass is 232 g/mol. The minimum atomic E-state index is -0.656. The van der Waals surface area contributed by atoms with E-state index in [0.717, 1.165) is 0 Å². The summed E-state index contributed by atoms with van der Waals surface area (Å²) in [5.41, 5.74) is 5.72. The molecule has 3 nitrogen and oxygen atoms in total. The van der Waals surface area contributed by atoms with Crippen molar-refractivity contribution in [3.63, 3.8) is 0 Å². The maximum atomic E-state index is 11.1. The van der Waals surface area contributed by atoms with Crippen molar-refractivity contribution in [1.29, 1.82) is 0 Å². The second-order valence-corrected chi connectivity index (χ2v) is 3.57. The predicted octanol–water partition coefficient (Wildman–Crippen LogP) is 1.74. The molecule has 0 unspecified atom stereocenters. The molecule has 14 heavy (non-hydrogen) atoms. The zero-order valence-electron chi connectivity index (χ0n) is 7.55. The third-order valence-corrected chi connectivity index (χ3v) is 2.52. The molecule has 0 radical (unpaired) electrons. The van der Waals surface area contributed by atoms with E-state index in [4.69, 9.17) is 28.9 Å². The second-order valence-electron chi connectivity index (χ2n) is 2.76. The summed E-state index contributed by atoms with van der Waals surface area (Å²) in [6.07, 6.45) is 0. The number of likely N-dealkylation sites (N-methyl/N-ethyl adjacent to an activating group) is 1. The van der Waals surface area contributed by atoms with Gasteiger partial charge in [-0.15, -0.1) is 0 Å². The maximum Gasteiger partial charge on any atom is 0.239 e. The fourth-order valence-electron chi connectivity index (χ4n) is 1.22. The van der Waals surface area contributed by atoms with Gasteiger partial charge in [0.1, 0.15) is 6.04 Å². The molecule has 1 amide bonds. The Morgan fingerprint density at radius 2 is 1.93 bits per heavy atom. The molecule has 76 valence electrons. The molecule has 0 bridgehead atoms. The van der Waals surface area contributed by atoms with Crippen LogP contribution in [-0.2, 0) is 4.79 Å². The predicted molar refractivity (Wildman–Crippen MR) is 57.5 cm³/mol. The van der Waals surface area contributed by atoms with Crippen molar-refractivity contribution in [2.45, 2.75) is 6.04 Å². The fourth-order valence-corrected chi connectivity index (χ4v) is 1.83. The molecule has 0 heterocycles. The van der Waals surface area contributed by atoms with E-state index in [0.29, 0.717) is 15.6 Å². The van der Waals surface area contributed by atoms with Crippen molar-refractivity contribution >= 4 is 29.1 Å². The van der Waals surface area contributed by atoms with Crippen molar-refractivity contribution in [3.8, 4) is 0 Å². The van der Waals surface area contributed by atoms with Crippen molar-refractivity contribution in [2.24, 2.45) is 5.73 Å². The van der Waals surface area contributed by atoms with Crippen LogP contribution < -0.4 is 11.1 Å². The lowest BCUT2D eigenvalue weighted by atomic mass is 10.1. The molecule has 5 heteroatoms. The Morgan fingerprint density at radius 1 is 1.43 bits per heavy atom. The molecule has 1 rings (SSSR count). The van der Waals surface area contributed by atoms with Gasteiger partial charge in [-0.1, -0.05) is 29.3 Å². The molecule has 0 spiro atoms. The summed E-state index contributed by atoms with van der Waals surface area (Å²) in [6.45, 7) is 0. The van der Waals surface area contributed by atoms with Gasteiger partial charge in [0.15, 0.2) is 0 Å². The van der Waals surface area contributed by atoms with Gasteiger partial charge in [-0.05, 0) is 19.2 Å². The molecule has 0 aliphatic carbocycles. The van der Waals surface area contributed by atoms with E-state index in [1.54, 1.807) is 25.2 Å². The van der Waals surface area contributed by atoms with Crippen LogP contribution in [0.4, 0.5) is 0 Å². The first-order valence-corrected chi connectivity index (χ1v) is 4.74. The number of benzene rings is 1. The van der Waals surface area contributed by atoms with Crippen LogP contribution in [0, 0.1) is 0 Å². The van der Waals surface area contributed by atoms with Crippen LogP contribution in [0.25, 0.3) is 0 Å². The molecular formula is C9H10Cl2N2O. The summed E-state index contributed by atoms with van der Waals surface area (Å²) >= 11 is 11.8. The van der Waals surface area contributed by atoms with Gasteiger partial charge in [-0.2, -0.15) is 0 Å². The van der Waals surface area contributed by atoms with Crippen molar-refractivity contribution < 1.29 is 4.79 Å². The first kappa shape index (κ1) is 11.3. The molecule has 0 aliphatic rings. The lowest BCUT2D eigenvalue weighted by molar-refractivity contribution is -0.120. The molecule has 1 aromatic carbocycles. The van der Waals surface area contributed by atoms with Gasteiger partial charge in [0, 0.05) is 15.6 Å². The van der Waals surface area contributed by atoms with E-state index in [1.807, 2.05) is 0 Å². The molecule has 0 saturated carbocycles. The summed E-state index contributed by atoms with van der Waals surface area (Å²) in [4.78, 5) is 11.1. The summed E-state index contributed by atoms with van der Waals surface area (Å²) in [7, 11) is 1.62. The van der Waals surface area contributed by atoms with Crippen LogP contribution in [0.2, 0.25) is 10.0 Å². The van der Waals surface area contributed by atoms with E-state index >= 15 is 0 Å². The number of carbonyl (C=O) groups is 1. The molecule has 0 aromatic heterocycles. The van der Waals surface area contributed by atoms with Crippen LogP contribution >= 0.6 is 23.2 Å². The Bertz CT molecular complexity index is 334. The molecule has 0 fully saturated rings. The minimum Gasteiger partial charge on any atom is -0.368 e. The van der Waals surface area contributed by atoms with Crippen LogP contribution in [0.15, 0.2) is 18.2 Å². The zero-order chi connectivity index (χ0) is 10.7. The zero-order valence-corrected chi connectivity index (χ0v) is 9.06. The Morgan fingerprint density at radius 3 is 2.29 bits per heavy atom. The Hall–Kier alpha value is -0.770. The average molecular weight is 233 g/mol. The highest BCUT2D eigenvalue weighted by Gasteiger charge is 2.20. The van der Waals surface area contributed by atoms with Crippen LogP contribution in [-0.4, -0.2) is 13.0 Å². The molecule has 0 saturated heterocycles. The third-order valence-electron chi connectivity index (χ3n) is 1.86. The number of halogens is 2. The number of carbonyl (C=O) groups excluding carboxylic acids is 1. The van der Waals surface area contributed by atoms with Gasteiger partial charge in [0.05, 0.1) is 0 Å². The smallest absolute Gasteiger partial charge is 0.239 e. The molecule has 0 aliphatic heterocycles. The second kappa shape index (κ2) is 4.64. The van der Waals surface area contributed by atoms with E-state index in [2.05, 4.69) is 5.32 Å². The SMILES string of the molecule is CN[C@H](C(N)=O)c1c(Cl)cccc1Cl. The van der Waals surface area contributed by atoms with Crippen molar-refractivity contribution in [3.05, 3.63) is 33.8 Å². The van der Waals surface area contributed by atoms with Gasteiger partial charge in [0.2, 0.25) is 5.91 Å². The molecular weight excluding hydrogens is 223 g/mol. The Labute approximate surface area is 92.2 Å². The van der Waals surface area contributed by atoms with Gasteiger partial charge in [0.25, 0.3) is 0 Å². The van der Waals surface area contributed by atoms with E-state index in [9.17, 15) is 4.79 Å². The number of nitrogens with one attached hydrogen (secondary N) is 1. The van der Waals surface area contributed by atoms with Gasteiger partial charge >= 0.3 is 0 Å². The number of hydrogen-bond donors (Lipinski definition) is 2. The normalized spacial score (nSPS) is 12.5. The maximum absolute atomic E-state index is 11.1. The van der Waals surface area contributed by atoms with E-state index in [-0.39, 0.29) is 0 Å². The highest BCUT2D eigenvalue weighted by Crippen LogP contribution is 2.29. The number of amides is 1. The number of hydrogen-bond acceptors (Lipinski definition) is 2. The average Bonchev–Trinajstić information content (AvgIpc) is 2.10. The van der Waals surface area contributed by atoms with E-state index in [1.165, 1.54) is 0 Å². The number of nitrogens with two attached hydrogens (primary N) is 1. The van der Waals surface area contributed by atoms with Crippen LogP contribution in [0.1, 0.15) is 11.6 Å². The molecule has 1 atom stereocenters. The summed E-state index contributed by atoms with van der Waals surface area (Å²) in [5, 5.41) is 3.61. The van der Waals surface area contributed by atoms with Crippen LogP contribution in [0.3, 0.4) is 0 Å². The molecule has 1 aromatic rings. The lowest BCUT2D eigenvalue weighted by Gasteiger charge is -2.15.